The number of aryl methyl sites for hydroxylation is 1. The second-order valence-corrected chi connectivity index (χ2v) is 6.36. The second-order valence-electron chi connectivity index (χ2n) is 6.36. The third kappa shape index (κ3) is 2.71. The van der Waals surface area contributed by atoms with Crippen molar-refractivity contribution in [1.82, 2.24) is 0 Å². The van der Waals surface area contributed by atoms with Gasteiger partial charge in [0, 0.05) is 0 Å². The van der Waals surface area contributed by atoms with Crippen LogP contribution in [0.1, 0.15) is 57.1 Å². The number of rotatable bonds is 1. The van der Waals surface area contributed by atoms with E-state index in [2.05, 4.69) is 32.9 Å². The maximum Gasteiger partial charge on any atom is 0.0899 e. The van der Waals surface area contributed by atoms with Gasteiger partial charge in [-0.25, -0.2) is 0 Å². The predicted octanol–water partition coefficient (Wildman–Crippen LogP) is 4.17. The van der Waals surface area contributed by atoms with Gasteiger partial charge in [0.1, 0.15) is 0 Å². The van der Waals surface area contributed by atoms with Crippen molar-refractivity contribution >= 4 is 0 Å². The van der Waals surface area contributed by atoms with Crippen molar-refractivity contribution < 1.29 is 5.11 Å². The molecule has 1 saturated carbocycles. The van der Waals surface area contributed by atoms with Crippen molar-refractivity contribution in [3.8, 4) is 0 Å². The normalized spacial score (nSPS) is 28.7. The van der Waals surface area contributed by atoms with Crippen molar-refractivity contribution in [3.63, 3.8) is 0 Å². The van der Waals surface area contributed by atoms with Crippen molar-refractivity contribution in [1.29, 1.82) is 0 Å². The highest BCUT2D eigenvalue weighted by molar-refractivity contribution is 5.31. The topological polar surface area (TPSA) is 20.2 Å². The molecule has 0 aromatic heterocycles. The number of hydrogen-bond acceptors (Lipinski definition) is 1. The van der Waals surface area contributed by atoms with Gasteiger partial charge in [-0.1, -0.05) is 38.1 Å². The van der Waals surface area contributed by atoms with Gasteiger partial charge >= 0.3 is 0 Å². The van der Waals surface area contributed by atoms with Gasteiger partial charge in [0.15, 0.2) is 0 Å². The summed E-state index contributed by atoms with van der Waals surface area (Å²) in [5.41, 5.74) is 2.14. The molecule has 1 atom stereocenters. The lowest BCUT2D eigenvalue weighted by molar-refractivity contribution is 0.0174. The van der Waals surface area contributed by atoms with E-state index in [1.54, 1.807) is 0 Å². The molecule has 1 nitrogen and oxygen atoms in total. The largest absolute Gasteiger partial charge is 0.385 e. The molecule has 1 N–H and O–H groups in total. The van der Waals surface area contributed by atoms with Crippen LogP contribution in [0.25, 0.3) is 0 Å². The summed E-state index contributed by atoms with van der Waals surface area (Å²) in [6.45, 7) is 6.73. The van der Waals surface area contributed by atoms with Crippen LogP contribution >= 0.6 is 0 Å². The minimum Gasteiger partial charge on any atom is -0.385 e. The molecule has 1 unspecified atom stereocenters. The zero-order chi connectivity index (χ0) is 12.5. The fourth-order valence-corrected chi connectivity index (χ4v) is 3.02. The molecule has 0 aliphatic heterocycles. The molecule has 17 heavy (non-hydrogen) atoms. The highest BCUT2D eigenvalue weighted by Gasteiger charge is 2.35. The summed E-state index contributed by atoms with van der Waals surface area (Å²) < 4.78 is 0. The van der Waals surface area contributed by atoms with Gasteiger partial charge in [0.05, 0.1) is 5.60 Å². The van der Waals surface area contributed by atoms with Crippen LogP contribution in [0.5, 0.6) is 0 Å². The molecule has 1 aliphatic carbocycles. The van der Waals surface area contributed by atoms with Crippen LogP contribution in [-0.2, 0) is 5.60 Å². The van der Waals surface area contributed by atoms with Crippen LogP contribution in [0.3, 0.4) is 0 Å². The standard InChI is InChI=1S/C16H24O/c1-13-7-4-5-8-14(13)16(17)10-6-9-15(2,3)11-12-16/h4-5,7-8,17H,6,9-12H2,1-3H3. The minimum atomic E-state index is -0.598. The fourth-order valence-electron chi connectivity index (χ4n) is 3.02. The molecular formula is C16H24O. The lowest BCUT2D eigenvalue weighted by atomic mass is 9.81. The molecule has 0 saturated heterocycles. The summed E-state index contributed by atoms with van der Waals surface area (Å²) in [5, 5.41) is 10.9. The van der Waals surface area contributed by atoms with Crippen LogP contribution in [0, 0.1) is 12.3 Å². The zero-order valence-electron chi connectivity index (χ0n) is 11.3. The summed E-state index contributed by atoms with van der Waals surface area (Å²) in [4.78, 5) is 0. The summed E-state index contributed by atoms with van der Waals surface area (Å²) in [6, 6.07) is 8.27. The van der Waals surface area contributed by atoms with Gasteiger partial charge in [0.2, 0.25) is 0 Å². The SMILES string of the molecule is Cc1ccccc1C1(O)CCCC(C)(C)CC1. The predicted molar refractivity (Wildman–Crippen MR) is 71.9 cm³/mol. The highest BCUT2D eigenvalue weighted by Crippen LogP contribution is 2.43. The van der Waals surface area contributed by atoms with E-state index in [9.17, 15) is 5.11 Å². The Morgan fingerprint density at radius 1 is 1.00 bits per heavy atom. The molecule has 2 rings (SSSR count). The first-order valence-corrected chi connectivity index (χ1v) is 6.72. The minimum absolute atomic E-state index is 0.382. The van der Waals surface area contributed by atoms with Crippen molar-refractivity contribution in [2.24, 2.45) is 5.41 Å². The molecule has 1 fully saturated rings. The molecule has 1 aromatic carbocycles. The van der Waals surface area contributed by atoms with E-state index in [-0.39, 0.29) is 0 Å². The van der Waals surface area contributed by atoms with Gasteiger partial charge < -0.3 is 5.11 Å². The molecule has 0 heterocycles. The van der Waals surface area contributed by atoms with Gasteiger partial charge in [0.25, 0.3) is 0 Å². The Balaban J connectivity index is 2.28. The molecule has 1 aliphatic rings. The summed E-state index contributed by atoms with van der Waals surface area (Å²) >= 11 is 0. The maximum absolute atomic E-state index is 10.9. The number of aliphatic hydroxyl groups is 1. The first-order chi connectivity index (χ1) is 7.93. The third-order valence-corrected chi connectivity index (χ3v) is 4.31. The average molecular weight is 232 g/mol. The summed E-state index contributed by atoms with van der Waals surface area (Å²) in [5.74, 6) is 0. The molecule has 94 valence electrons. The van der Waals surface area contributed by atoms with Crippen molar-refractivity contribution in [3.05, 3.63) is 35.4 Å². The quantitative estimate of drug-likeness (QED) is 0.720. The Labute approximate surface area is 105 Å². The van der Waals surface area contributed by atoms with E-state index in [0.29, 0.717) is 5.41 Å². The third-order valence-electron chi connectivity index (χ3n) is 4.31. The summed E-state index contributed by atoms with van der Waals surface area (Å²) in [7, 11) is 0. The first-order valence-electron chi connectivity index (χ1n) is 6.72. The highest BCUT2D eigenvalue weighted by atomic mass is 16.3. The van der Waals surface area contributed by atoms with Crippen LogP contribution < -0.4 is 0 Å². The van der Waals surface area contributed by atoms with Crippen molar-refractivity contribution in [2.45, 2.75) is 58.5 Å². The maximum atomic E-state index is 10.9. The molecule has 0 amide bonds. The number of hydrogen-bond donors (Lipinski definition) is 1. The summed E-state index contributed by atoms with van der Waals surface area (Å²) in [6.07, 6.45) is 5.25. The van der Waals surface area contributed by atoms with Crippen LogP contribution in [-0.4, -0.2) is 5.11 Å². The smallest absolute Gasteiger partial charge is 0.0899 e. The lowest BCUT2D eigenvalue weighted by Crippen LogP contribution is -2.26. The van der Waals surface area contributed by atoms with E-state index in [4.69, 9.17) is 0 Å². The molecule has 0 spiro atoms. The van der Waals surface area contributed by atoms with Crippen LogP contribution in [0.2, 0.25) is 0 Å². The van der Waals surface area contributed by atoms with Gasteiger partial charge in [-0.2, -0.15) is 0 Å². The Morgan fingerprint density at radius 3 is 2.41 bits per heavy atom. The second kappa shape index (κ2) is 4.45. The van der Waals surface area contributed by atoms with Gasteiger partial charge in [-0.05, 0) is 55.6 Å². The van der Waals surface area contributed by atoms with Crippen LogP contribution in [0.15, 0.2) is 24.3 Å². The Bertz CT molecular complexity index is 394. The van der Waals surface area contributed by atoms with Gasteiger partial charge in [-0.15, -0.1) is 0 Å². The Hall–Kier alpha value is -0.820. The van der Waals surface area contributed by atoms with E-state index >= 15 is 0 Å². The number of benzene rings is 1. The van der Waals surface area contributed by atoms with Crippen molar-refractivity contribution in [2.75, 3.05) is 0 Å². The Morgan fingerprint density at radius 2 is 1.71 bits per heavy atom. The lowest BCUT2D eigenvalue weighted by Gasteiger charge is -2.29. The van der Waals surface area contributed by atoms with E-state index in [0.717, 1.165) is 31.2 Å². The van der Waals surface area contributed by atoms with Crippen LogP contribution in [0.4, 0.5) is 0 Å². The fraction of sp³-hybridized carbons (Fsp3) is 0.625. The van der Waals surface area contributed by atoms with E-state index in [1.807, 2.05) is 12.1 Å². The monoisotopic (exact) mass is 232 g/mol. The van der Waals surface area contributed by atoms with Gasteiger partial charge in [-0.3, -0.25) is 0 Å². The molecular weight excluding hydrogens is 208 g/mol. The molecule has 0 bridgehead atoms. The molecule has 1 heteroatoms. The molecule has 0 radical (unpaired) electrons. The van der Waals surface area contributed by atoms with E-state index < -0.39 is 5.60 Å². The van der Waals surface area contributed by atoms with E-state index in [1.165, 1.54) is 12.0 Å². The zero-order valence-corrected chi connectivity index (χ0v) is 11.3. The first kappa shape index (κ1) is 12.6. The average Bonchev–Trinajstić information content (AvgIpc) is 2.40. The Kier molecular flexibility index (Phi) is 3.31. The molecule has 1 aromatic rings.